The van der Waals surface area contributed by atoms with Crippen LogP contribution in [-0.2, 0) is 4.79 Å². The molecule has 0 unspecified atom stereocenters. The Balaban J connectivity index is 2.72. The Morgan fingerprint density at radius 2 is 2.00 bits per heavy atom. The SMILES string of the molecule is CC(C)(N)CC(=O)Nc1cccc(C(N)=O)c1. The number of hydrogen-bond acceptors (Lipinski definition) is 3. The molecule has 0 spiro atoms. The average molecular weight is 235 g/mol. The Morgan fingerprint density at radius 3 is 2.53 bits per heavy atom. The number of rotatable bonds is 4. The van der Waals surface area contributed by atoms with E-state index < -0.39 is 11.4 Å². The number of nitrogens with one attached hydrogen (secondary N) is 1. The number of anilines is 1. The zero-order valence-corrected chi connectivity index (χ0v) is 9.99. The molecule has 1 aromatic rings. The van der Waals surface area contributed by atoms with Crippen molar-refractivity contribution in [3.8, 4) is 0 Å². The molecule has 2 amide bonds. The van der Waals surface area contributed by atoms with Gasteiger partial charge < -0.3 is 16.8 Å². The first kappa shape index (κ1) is 13.2. The third-order valence-electron chi connectivity index (χ3n) is 2.05. The van der Waals surface area contributed by atoms with E-state index in [4.69, 9.17) is 11.5 Å². The Labute approximate surface area is 100 Å². The van der Waals surface area contributed by atoms with Gasteiger partial charge in [-0.15, -0.1) is 0 Å². The van der Waals surface area contributed by atoms with Crippen molar-refractivity contribution in [1.29, 1.82) is 0 Å². The number of carbonyl (C=O) groups excluding carboxylic acids is 2. The fourth-order valence-corrected chi connectivity index (χ4v) is 1.37. The van der Waals surface area contributed by atoms with E-state index >= 15 is 0 Å². The molecule has 0 fully saturated rings. The van der Waals surface area contributed by atoms with Gasteiger partial charge >= 0.3 is 0 Å². The van der Waals surface area contributed by atoms with E-state index in [9.17, 15) is 9.59 Å². The summed E-state index contributed by atoms with van der Waals surface area (Å²) in [6.45, 7) is 3.54. The summed E-state index contributed by atoms with van der Waals surface area (Å²) in [5.74, 6) is -0.723. The van der Waals surface area contributed by atoms with Crippen molar-refractivity contribution in [3.05, 3.63) is 29.8 Å². The molecule has 1 aromatic carbocycles. The highest BCUT2D eigenvalue weighted by atomic mass is 16.2. The Morgan fingerprint density at radius 1 is 1.35 bits per heavy atom. The summed E-state index contributed by atoms with van der Waals surface area (Å²) in [6, 6.07) is 6.46. The number of hydrogen-bond donors (Lipinski definition) is 3. The molecule has 0 saturated carbocycles. The summed E-state index contributed by atoms with van der Waals surface area (Å²) in [5.41, 5.74) is 11.2. The first-order valence-electron chi connectivity index (χ1n) is 5.26. The van der Waals surface area contributed by atoms with Crippen LogP contribution < -0.4 is 16.8 Å². The van der Waals surface area contributed by atoms with Crippen molar-refractivity contribution in [2.24, 2.45) is 11.5 Å². The predicted molar refractivity (Wildman–Crippen MR) is 66.5 cm³/mol. The van der Waals surface area contributed by atoms with Crippen LogP contribution in [0.1, 0.15) is 30.6 Å². The zero-order chi connectivity index (χ0) is 13.1. The molecule has 0 atom stereocenters. The van der Waals surface area contributed by atoms with Crippen molar-refractivity contribution in [1.82, 2.24) is 0 Å². The van der Waals surface area contributed by atoms with E-state index in [-0.39, 0.29) is 12.3 Å². The molecule has 5 heteroatoms. The minimum atomic E-state index is -0.564. The van der Waals surface area contributed by atoms with E-state index in [1.165, 1.54) is 6.07 Å². The fraction of sp³-hybridized carbons (Fsp3) is 0.333. The highest BCUT2D eigenvalue weighted by Crippen LogP contribution is 2.12. The van der Waals surface area contributed by atoms with Crippen molar-refractivity contribution in [2.75, 3.05) is 5.32 Å². The lowest BCUT2D eigenvalue weighted by atomic mass is 10.0. The first-order chi connectivity index (χ1) is 7.78. The van der Waals surface area contributed by atoms with Crippen LogP contribution in [-0.4, -0.2) is 17.4 Å². The van der Waals surface area contributed by atoms with Gasteiger partial charge in [-0.25, -0.2) is 0 Å². The molecule has 0 saturated heterocycles. The lowest BCUT2D eigenvalue weighted by molar-refractivity contribution is -0.117. The summed E-state index contributed by atoms with van der Waals surface area (Å²) in [6.07, 6.45) is 0.202. The van der Waals surface area contributed by atoms with Gasteiger partial charge in [-0.1, -0.05) is 6.07 Å². The maximum absolute atomic E-state index is 11.6. The van der Waals surface area contributed by atoms with Gasteiger partial charge in [-0.2, -0.15) is 0 Å². The van der Waals surface area contributed by atoms with Gasteiger partial charge in [0.05, 0.1) is 0 Å². The molecule has 17 heavy (non-hydrogen) atoms. The number of benzene rings is 1. The van der Waals surface area contributed by atoms with Crippen LogP contribution in [0.4, 0.5) is 5.69 Å². The highest BCUT2D eigenvalue weighted by Gasteiger charge is 2.16. The number of primary amides is 1. The minimum Gasteiger partial charge on any atom is -0.366 e. The van der Waals surface area contributed by atoms with E-state index in [2.05, 4.69) is 5.32 Å². The molecule has 0 aromatic heterocycles. The smallest absolute Gasteiger partial charge is 0.248 e. The Bertz CT molecular complexity index is 436. The van der Waals surface area contributed by atoms with Crippen LogP contribution in [0, 0.1) is 0 Å². The second-order valence-corrected chi connectivity index (χ2v) is 4.66. The topological polar surface area (TPSA) is 98.2 Å². The molecule has 0 heterocycles. The standard InChI is InChI=1S/C12H17N3O2/c1-12(2,14)7-10(16)15-9-5-3-4-8(6-9)11(13)17/h3-6H,7,14H2,1-2H3,(H2,13,17)(H,15,16). The molecule has 1 rings (SSSR count). The maximum atomic E-state index is 11.6. The van der Waals surface area contributed by atoms with Gasteiger partial charge in [0, 0.05) is 23.2 Å². The van der Waals surface area contributed by atoms with Crippen LogP contribution in [0.5, 0.6) is 0 Å². The molecule has 5 nitrogen and oxygen atoms in total. The monoisotopic (exact) mass is 235 g/mol. The first-order valence-corrected chi connectivity index (χ1v) is 5.26. The number of amides is 2. The molecule has 0 radical (unpaired) electrons. The van der Waals surface area contributed by atoms with Crippen molar-refractivity contribution < 1.29 is 9.59 Å². The van der Waals surface area contributed by atoms with Crippen LogP contribution in [0.2, 0.25) is 0 Å². The Kier molecular flexibility index (Phi) is 3.85. The molecule has 0 aliphatic rings. The van der Waals surface area contributed by atoms with Crippen LogP contribution >= 0.6 is 0 Å². The van der Waals surface area contributed by atoms with Crippen molar-refractivity contribution in [2.45, 2.75) is 25.8 Å². The Hall–Kier alpha value is -1.88. The number of nitrogens with two attached hydrogens (primary N) is 2. The molecule has 0 aliphatic heterocycles. The third kappa shape index (κ3) is 4.65. The van der Waals surface area contributed by atoms with Gasteiger partial charge in [0.2, 0.25) is 11.8 Å². The maximum Gasteiger partial charge on any atom is 0.248 e. The summed E-state index contributed by atoms with van der Waals surface area (Å²) in [7, 11) is 0. The van der Waals surface area contributed by atoms with Crippen molar-refractivity contribution >= 4 is 17.5 Å². The average Bonchev–Trinajstić information content (AvgIpc) is 2.14. The van der Waals surface area contributed by atoms with E-state index in [1.54, 1.807) is 32.0 Å². The van der Waals surface area contributed by atoms with Gasteiger partial charge in [0.15, 0.2) is 0 Å². The highest BCUT2D eigenvalue weighted by molar-refractivity contribution is 5.96. The van der Waals surface area contributed by atoms with Gasteiger partial charge in [0.1, 0.15) is 0 Å². The molecule has 5 N–H and O–H groups in total. The quantitative estimate of drug-likeness (QED) is 0.721. The molecule has 0 aliphatic carbocycles. The van der Waals surface area contributed by atoms with E-state index in [0.29, 0.717) is 11.3 Å². The van der Waals surface area contributed by atoms with E-state index in [1.807, 2.05) is 0 Å². The second kappa shape index (κ2) is 4.97. The van der Waals surface area contributed by atoms with E-state index in [0.717, 1.165) is 0 Å². The molecule has 92 valence electrons. The lowest BCUT2D eigenvalue weighted by Gasteiger charge is -2.17. The normalized spacial score (nSPS) is 11.0. The second-order valence-electron chi connectivity index (χ2n) is 4.66. The van der Waals surface area contributed by atoms with Crippen LogP contribution in [0.15, 0.2) is 24.3 Å². The molecular weight excluding hydrogens is 218 g/mol. The lowest BCUT2D eigenvalue weighted by Crippen LogP contribution is -2.36. The van der Waals surface area contributed by atoms with Gasteiger partial charge in [0.25, 0.3) is 0 Å². The largest absolute Gasteiger partial charge is 0.366 e. The van der Waals surface area contributed by atoms with Crippen LogP contribution in [0.25, 0.3) is 0 Å². The summed E-state index contributed by atoms with van der Waals surface area (Å²) in [4.78, 5) is 22.6. The third-order valence-corrected chi connectivity index (χ3v) is 2.05. The molecular formula is C12H17N3O2. The molecule has 0 bridgehead atoms. The van der Waals surface area contributed by atoms with Crippen molar-refractivity contribution in [3.63, 3.8) is 0 Å². The summed E-state index contributed by atoms with van der Waals surface area (Å²) >= 11 is 0. The fourth-order valence-electron chi connectivity index (χ4n) is 1.37. The van der Waals surface area contributed by atoms with Crippen LogP contribution in [0.3, 0.4) is 0 Å². The zero-order valence-electron chi connectivity index (χ0n) is 9.99. The summed E-state index contributed by atoms with van der Waals surface area (Å²) in [5, 5.41) is 2.67. The predicted octanol–water partition coefficient (Wildman–Crippen LogP) is 0.851. The van der Waals surface area contributed by atoms with Gasteiger partial charge in [-0.05, 0) is 32.0 Å². The number of carbonyl (C=O) groups is 2. The van der Waals surface area contributed by atoms with Gasteiger partial charge in [-0.3, -0.25) is 9.59 Å². The minimum absolute atomic E-state index is 0.195. The summed E-state index contributed by atoms with van der Waals surface area (Å²) < 4.78 is 0.